The summed E-state index contributed by atoms with van der Waals surface area (Å²) in [6.07, 6.45) is 3.07. The zero-order chi connectivity index (χ0) is 21.4. The minimum atomic E-state index is -3.62. The zero-order valence-corrected chi connectivity index (χ0v) is 17.8. The summed E-state index contributed by atoms with van der Waals surface area (Å²) in [5.41, 5.74) is 0. The summed E-state index contributed by atoms with van der Waals surface area (Å²) >= 11 is 1.12. The van der Waals surface area contributed by atoms with Crippen LogP contribution in [0.15, 0.2) is 53.1 Å². The maximum atomic E-state index is 12.4. The monoisotopic (exact) mass is 447 g/mol. The highest BCUT2D eigenvalue weighted by atomic mass is 32.2. The fourth-order valence-corrected chi connectivity index (χ4v) is 4.72. The summed E-state index contributed by atoms with van der Waals surface area (Å²) in [5, 5.41) is 8.75. The summed E-state index contributed by atoms with van der Waals surface area (Å²) in [5.74, 6) is 1.61. The van der Waals surface area contributed by atoms with Crippen molar-refractivity contribution in [3.8, 4) is 0 Å². The number of hydrogen-bond acceptors (Lipinski definition) is 9. The molecule has 3 rings (SSSR count). The molecule has 3 aromatic heterocycles. The van der Waals surface area contributed by atoms with E-state index in [0.717, 1.165) is 16.2 Å². The Morgan fingerprint density at radius 3 is 2.63 bits per heavy atom. The Labute approximate surface area is 178 Å². The van der Waals surface area contributed by atoms with E-state index in [1.807, 2.05) is 18.2 Å². The van der Waals surface area contributed by atoms with E-state index in [1.165, 1.54) is 19.3 Å². The van der Waals surface area contributed by atoms with Crippen molar-refractivity contribution in [3.63, 3.8) is 0 Å². The molecule has 3 aromatic rings. The molecule has 0 fully saturated rings. The predicted octanol–water partition coefficient (Wildman–Crippen LogP) is 1.70. The number of rotatable bonds is 10. The van der Waals surface area contributed by atoms with Crippen LogP contribution in [0.5, 0.6) is 0 Å². The van der Waals surface area contributed by atoms with Gasteiger partial charge in [0, 0.05) is 37.2 Å². The molecular weight excluding hydrogens is 426 g/mol. The van der Waals surface area contributed by atoms with E-state index >= 15 is 0 Å². The molecule has 0 bridgehead atoms. The lowest BCUT2D eigenvalue weighted by molar-refractivity contribution is -0.119. The molecule has 10 nitrogen and oxygen atoms in total. The number of carbonyl (C=O) groups excluding carboxylic acids is 1. The lowest BCUT2D eigenvalue weighted by Gasteiger charge is -2.09. The molecule has 1 amide bonds. The second kappa shape index (κ2) is 10.1. The van der Waals surface area contributed by atoms with Gasteiger partial charge in [-0.15, -0.1) is 11.3 Å². The maximum absolute atomic E-state index is 12.4. The highest BCUT2D eigenvalue weighted by Crippen LogP contribution is 2.21. The Balaban J connectivity index is 1.48. The van der Waals surface area contributed by atoms with Gasteiger partial charge in [-0.05, 0) is 24.3 Å². The first-order valence-electron chi connectivity index (χ1n) is 8.99. The maximum Gasteiger partial charge on any atom is 0.250 e. The molecule has 158 valence electrons. The molecule has 0 aliphatic heterocycles. The van der Waals surface area contributed by atoms with Crippen LogP contribution >= 0.6 is 11.3 Å². The van der Waals surface area contributed by atoms with Crippen molar-refractivity contribution in [2.24, 2.45) is 0 Å². The van der Waals surface area contributed by atoms with E-state index < -0.39 is 10.0 Å². The van der Waals surface area contributed by atoms with E-state index in [9.17, 15) is 13.2 Å². The van der Waals surface area contributed by atoms with Crippen molar-refractivity contribution in [1.82, 2.24) is 25.0 Å². The number of hydrogen-bond donors (Lipinski definition) is 4. The molecule has 12 heteroatoms. The Kier molecular flexibility index (Phi) is 7.27. The number of amides is 1. The van der Waals surface area contributed by atoms with Crippen molar-refractivity contribution >= 4 is 44.7 Å². The number of thiophene rings is 1. The van der Waals surface area contributed by atoms with Gasteiger partial charge < -0.3 is 16.0 Å². The smallest absolute Gasteiger partial charge is 0.250 e. The Morgan fingerprint density at radius 2 is 1.87 bits per heavy atom. The van der Waals surface area contributed by atoms with Gasteiger partial charge in [0.2, 0.25) is 15.9 Å². The first-order chi connectivity index (χ1) is 14.4. The van der Waals surface area contributed by atoms with Gasteiger partial charge in [0.1, 0.15) is 28.0 Å². The fourth-order valence-electron chi connectivity index (χ4n) is 2.35. The number of nitrogens with one attached hydrogen (secondary N) is 4. The molecule has 4 N–H and O–H groups in total. The number of anilines is 3. The van der Waals surface area contributed by atoms with Crippen molar-refractivity contribution in [2.75, 3.05) is 23.7 Å². The van der Waals surface area contributed by atoms with Crippen LogP contribution in [0.4, 0.5) is 17.5 Å². The van der Waals surface area contributed by atoms with Crippen molar-refractivity contribution in [3.05, 3.63) is 53.8 Å². The standard InChI is InChI=1S/C18H21N7O3S2/c1-13(26)21-11-14-5-6-18(29-14)30(27,28)24-9-8-20-16-10-17(23-12-22-16)25-15-4-2-3-7-19-15/h2-7,10,12,24H,8-9,11H2,1H3,(H,21,26)(H2,19,20,22,23,25). The third-order valence-electron chi connectivity index (χ3n) is 3.72. The highest BCUT2D eigenvalue weighted by Gasteiger charge is 2.16. The van der Waals surface area contributed by atoms with Gasteiger partial charge in [-0.3, -0.25) is 4.79 Å². The van der Waals surface area contributed by atoms with Crippen LogP contribution in [0.25, 0.3) is 0 Å². The number of pyridine rings is 1. The van der Waals surface area contributed by atoms with Crippen molar-refractivity contribution in [1.29, 1.82) is 0 Å². The molecule has 0 spiro atoms. The van der Waals surface area contributed by atoms with Crippen molar-refractivity contribution in [2.45, 2.75) is 17.7 Å². The molecule has 0 unspecified atom stereocenters. The van der Waals surface area contributed by atoms with E-state index in [4.69, 9.17) is 0 Å². The average molecular weight is 448 g/mol. The van der Waals surface area contributed by atoms with Gasteiger partial charge in [0.05, 0.1) is 6.54 Å². The van der Waals surface area contributed by atoms with Gasteiger partial charge in [-0.25, -0.2) is 28.1 Å². The van der Waals surface area contributed by atoms with E-state index in [0.29, 0.717) is 30.5 Å². The Hall–Kier alpha value is -3.09. The molecular formula is C18H21N7O3S2. The molecule has 0 radical (unpaired) electrons. The van der Waals surface area contributed by atoms with Crippen molar-refractivity contribution < 1.29 is 13.2 Å². The zero-order valence-electron chi connectivity index (χ0n) is 16.1. The van der Waals surface area contributed by atoms with Gasteiger partial charge in [0.15, 0.2) is 0 Å². The van der Waals surface area contributed by atoms with E-state index in [1.54, 1.807) is 18.3 Å². The summed E-state index contributed by atoms with van der Waals surface area (Å²) in [4.78, 5) is 24.1. The Bertz CT molecular complexity index is 1090. The Morgan fingerprint density at radius 1 is 1.03 bits per heavy atom. The second-order valence-corrected chi connectivity index (χ2v) is 9.25. The average Bonchev–Trinajstić information content (AvgIpc) is 3.21. The summed E-state index contributed by atoms with van der Waals surface area (Å²) in [6, 6.07) is 10.4. The van der Waals surface area contributed by atoms with Crippen LogP contribution in [-0.2, 0) is 21.4 Å². The third-order valence-corrected chi connectivity index (χ3v) is 6.76. The number of sulfonamides is 1. The largest absolute Gasteiger partial charge is 0.369 e. The first-order valence-corrected chi connectivity index (χ1v) is 11.3. The number of aromatic nitrogens is 3. The predicted molar refractivity (Wildman–Crippen MR) is 115 cm³/mol. The molecule has 0 saturated carbocycles. The van der Waals surface area contributed by atoms with Crippen LogP contribution in [0, 0.1) is 0 Å². The molecule has 0 aliphatic rings. The van der Waals surface area contributed by atoms with Crippen LogP contribution < -0.4 is 20.7 Å². The summed E-state index contributed by atoms with van der Waals surface area (Å²) < 4.78 is 27.5. The second-order valence-electron chi connectivity index (χ2n) is 6.08. The lowest BCUT2D eigenvalue weighted by atomic mass is 10.4. The van der Waals surface area contributed by atoms with Gasteiger partial charge in [-0.2, -0.15) is 0 Å². The quantitative estimate of drug-likeness (QED) is 0.345. The summed E-state index contributed by atoms with van der Waals surface area (Å²) in [6.45, 7) is 2.23. The topological polar surface area (TPSA) is 138 Å². The summed E-state index contributed by atoms with van der Waals surface area (Å²) in [7, 11) is -3.62. The van der Waals surface area contributed by atoms with E-state index in [2.05, 4.69) is 35.6 Å². The molecule has 0 saturated heterocycles. The number of carbonyl (C=O) groups is 1. The van der Waals surface area contributed by atoms with Crippen LogP contribution in [0.1, 0.15) is 11.8 Å². The minimum Gasteiger partial charge on any atom is -0.369 e. The van der Waals surface area contributed by atoms with E-state index in [-0.39, 0.29) is 16.7 Å². The van der Waals surface area contributed by atoms with Gasteiger partial charge in [0.25, 0.3) is 0 Å². The molecule has 0 aromatic carbocycles. The fraction of sp³-hybridized carbons (Fsp3) is 0.222. The highest BCUT2D eigenvalue weighted by molar-refractivity contribution is 7.91. The number of nitrogens with zero attached hydrogens (tertiary/aromatic N) is 3. The van der Waals surface area contributed by atoms with Crippen LogP contribution in [0.3, 0.4) is 0 Å². The lowest BCUT2D eigenvalue weighted by Crippen LogP contribution is -2.28. The normalized spacial score (nSPS) is 11.1. The molecule has 0 aliphatic carbocycles. The van der Waals surface area contributed by atoms with Crippen LogP contribution in [-0.4, -0.2) is 42.4 Å². The SMILES string of the molecule is CC(=O)NCc1ccc(S(=O)(=O)NCCNc2cc(Nc3ccccn3)ncn2)s1. The van der Waals surface area contributed by atoms with Gasteiger partial charge in [-0.1, -0.05) is 6.07 Å². The minimum absolute atomic E-state index is 0.167. The molecule has 0 atom stereocenters. The molecule has 30 heavy (non-hydrogen) atoms. The third kappa shape index (κ3) is 6.47. The first kappa shape index (κ1) is 21.6. The molecule has 3 heterocycles. The van der Waals surface area contributed by atoms with Crippen LogP contribution in [0.2, 0.25) is 0 Å². The van der Waals surface area contributed by atoms with Gasteiger partial charge >= 0.3 is 0 Å².